The van der Waals surface area contributed by atoms with Crippen LogP contribution in [0.1, 0.15) is 10.5 Å². The summed E-state index contributed by atoms with van der Waals surface area (Å²) in [6, 6.07) is 9.82. The number of nitrogens with zero attached hydrogens (tertiary/aromatic N) is 3. The van der Waals surface area contributed by atoms with Crippen LogP contribution in [0.15, 0.2) is 42.9 Å². The highest BCUT2D eigenvalue weighted by molar-refractivity contribution is 5.92. The average Bonchev–Trinajstić information content (AvgIpc) is 3.07. The molecule has 6 heteroatoms. The summed E-state index contributed by atoms with van der Waals surface area (Å²) in [7, 11) is 0. The van der Waals surface area contributed by atoms with Crippen LogP contribution >= 0.6 is 0 Å². The number of carbonyl (C=O) groups is 1. The van der Waals surface area contributed by atoms with E-state index in [2.05, 4.69) is 15.2 Å². The molecule has 1 aliphatic rings. The molecule has 1 fully saturated rings. The number of rotatable bonds is 5. The summed E-state index contributed by atoms with van der Waals surface area (Å²) in [6.45, 7) is 4.87. The van der Waals surface area contributed by atoms with E-state index in [-0.39, 0.29) is 5.91 Å². The first kappa shape index (κ1) is 14.7. The van der Waals surface area contributed by atoms with E-state index in [1.54, 1.807) is 12.5 Å². The molecule has 2 heterocycles. The van der Waals surface area contributed by atoms with Gasteiger partial charge in [0.05, 0.1) is 13.2 Å². The molecule has 1 aromatic carbocycles. The van der Waals surface area contributed by atoms with Crippen molar-refractivity contribution in [1.82, 2.24) is 19.8 Å². The molecule has 3 rings (SSSR count). The summed E-state index contributed by atoms with van der Waals surface area (Å²) >= 11 is 0. The molecular formula is C16H20N4O2. The molecular weight excluding hydrogens is 280 g/mol. The maximum absolute atomic E-state index is 12.1. The van der Waals surface area contributed by atoms with Gasteiger partial charge in [-0.2, -0.15) is 0 Å². The Balaban J connectivity index is 1.51. The standard InChI is InChI=1S/C16H20N4O2/c21-16(17-6-7-19-8-10-22-11-9-19)15-12-20(13-18-15)14-4-2-1-3-5-14/h1-5,12-13H,6-11H2,(H,17,21). The fourth-order valence-corrected chi connectivity index (χ4v) is 2.42. The van der Waals surface area contributed by atoms with E-state index in [9.17, 15) is 4.79 Å². The normalized spacial score (nSPS) is 15.6. The second-order valence-corrected chi connectivity index (χ2v) is 5.21. The van der Waals surface area contributed by atoms with Crippen LogP contribution in [0.25, 0.3) is 5.69 Å². The fraction of sp³-hybridized carbons (Fsp3) is 0.375. The summed E-state index contributed by atoms with van der Waals surface area (Å²) in [5, 5.41) is 2.91. The molecule has 0 saturated carbocycles. The maximum Gasteiger partial charge on any atom is 0.271 e. The van der Waals surface area contributed by atoms with Crippen molar-refractivity contribution in [3.05, 3.63) is 48.5 Å². The van der Waals surface area contributed by atoms with Crippen LogP contribution in [0.5, 0.6) is 0 Å². The van der Waals surface area contributed by atoms with E-state index < -0.39 is 0 Å². The van der Waals surface area contributed by atoms with Gasteiger partial charge in [-0.05, 0) is 12.1 Å². The lowest BCUT2D eigenvalue weighted by atomic mass is 10.3. The van der Waals surface area contributed by atoms with Gasteiger partial charge in [0.1, 0.15) is 12.0 Å². The largest absolute Gasteiger partial charge is 0.379 e. The Kier molecular flexibility index (Phi) is 4.82. The van der Waals surface area contributed by atoms with Crippen LogP contribution in [-0.4, -0.2) is 59.8 Å². The third kappa shape index (κ3) is 3.72. The zero-order chi connectivity index (χ0) is 15.2. The Labute approximate surface area is 129 Å². The van der Waals surface area contributed by atoms with Crippen molar-refractivity contribution in [3.8, 4) is 5.69 Å². The summed E-state index contributed by atoms with van der Waals surface area (Å²) in [5.74, 6) is -0.136. The number of hydrogen-bond donors (Lipinski definition) is 1. The zero-order valence-corrected chi connectivity index (χ0v) is 12.4. The summed E-state index contributed by atoms with van der Waals surface area (Å²) < 4.78 is 7.14. The molecule has 0 atom stereocenters. The maximum atomic E-state index is 12.1. The third-order valence-corrected chi connectivity index (χ3v) is 3.69. The van der Waals surface area contributed by atoms with Gasteiger partial charge in [0, 0.05) is 38.1 Å². The minimum Gasteiger partial charge on any atom is -0.379 e. The fourth-order valence-electron chi connectivity index (χ4n) is 2.42. The van der Waals surface area contributed by atoms with E-state index in [0.717, 1.165) is 38.5 Å². The van der Waals surface area contributed by atoms with Crippen LogP contribution in [0.4, 0.5) is 0 Å². The zero-order valence-electron chi connectivity index (χ0n) is 12.4. The van der Waals surface area contributed by atoms with Gasteiger partial charge in [0.25, 0.3) is 5.91 Å². The lowest BCUT2D eigenvalue weighted by Crippen LogP contribution is -2.41. The summed E-state index contributed by atoms with van der Waals surface area (Å²) in [6.07, 6.45) is 3.41. The number of aromatic nitrogens is 2. The van der Waals surface area contributed by atoms with E-state index in [1.165, 1.54) is 0 Å². The number of amides is 1. The molecule has 22 heavy (non-hydrogen) atoms. The second kappa shape index (κ2) is 7.20. The molecule has 0 spiro atoms. The van der Waals surface area contributed by atoms with Crippen molar-refractivity contribution >= 4 is 5.91 Å². The monoisotopic (exact) mass is 300 g/mol. The predicted octanol–water partition coefficient (Wildman–Crippen LogP) is 0.934. The van der Waals surface area contributed by atoms with Crippen LogP contribution in [0.3, 0.4) is 0 Å². The molecule has 116 valence electrons. The van der Waals surface area contributed by atoms with Gasteiger partial charge < -0.3 is 14.6 Å². The Bertz CT molecular complexity index is 606. The van der Waals surface area contributed by atoms with Gasteiger partial charge in [-0.1, -0.05) is 18.2 Å². The minimum absolute atomic E-state index is 0.136. The van der Waals surface area contributed by atoms with Crippen LogP contribution in [-0.2, 0) is 4.74 Å². The Morgan fingerprint density at radius 2 is 2.00 bits per heavy atom. The molecule has 1 saturated heterocycles. The van der Waals surface area contributed by atoms with Gasteiger partial charge in [-0.15, -0.1) is 0 Å². The van der Waals surface area contributed by atoms with E-state index >= 15 is 0 Å². The smallest absolute Gasteiger partial charge is 0.271 e. The van der Waals surface area contributed by atoms with Crippen molar-refractivity contribution in [1.29, 1.82) is 0 Å². The number of hydrogen-bond acceptors (Lipinski definition) is 4. The average molecular weight is 300 g/mol. The molecule has 1 aromatic heterocycles. The Morgan fingerprint density at radius 1 is 1.23 bits per heavy atom. The van der Waals surface area contributed by atoms with Gasteiger partial charge in [0.15, 0.2) is 0 Å². The van der Waals surface area contributed by atoms with E-state index in [1.807, 2.05) is 34.9 Å². The van der Waals surface area contributed by atoms with Crippen molar-refractivity contribution in [2.24, 2.45) is 0 Å². The van der Waals surface area contributed by atoms with Gasteiger partial charge in [-0.3, -0.25) is 9.69 Å². The molecule has 6 nitrogen and oxygen atoms in total. The molecule has 1 aliphatic heterocycles. The first-order valence-corrected chi connectivity index (χ1v) is 7.50. The summed E-state index contributed by atoms with van der Waals surface area (Å²) in [4.78, 5) is 18.6. The highest BCUT2D eigenvalue weighted by Gasteiger charge is 2.12. The topological polar surface area (TPSA) is 59.4 Å². The SMILES string of the molecule is O=C(NCCN1CCOCC1)c1cn(-c2ccccc2)cn1. The predicted molar refractivity (Wildman–Crippen MR) is 83.2 cm³/mol. The quantitative estimate of drug-likeness (QED) is 0.892. The third-order valence-electron chi connectivity index (χ3n) is 3.69. The van der Waals surface area contributed by atoms with Crippen LogP contribution in [0.2, 0.25) is 0 Å². The number of para-hydroxylation sites is 1. The number of ether oxygens (including phenoxy) is 1. The molecule has 0 aliphatic carbocycles. The van der Waals surface area contributed by atoms with Gasteiger partial charge >= 0.3 is 0 Å². The number of benzene rings is 1. The number of carbonyl (C=O) groups excluding carboxylic acids is 1. The molecule has 1 amide bonds. The lowest BCUT2D eigenvalue weighted by Gasteiger charge is -2.26. The Morgan fingerprint density at radius 3 is 2.77 bits per heavy atom. The first-order valence-electron chi connectivity index (χ1n) is 7.50. The van der Waals surface area contributed by atoms with E-state index in [0.29, 0.717) is 12.2 Å². The van der Waals surface area contributed by atoms with Crippen molar-refractivity contribution in [2.75, 3.05) is 39.4 Å². The lowest BCUT2D eigenvalue weighted by molar-refractivity contribution is 0.0383. The highest BCUT2D eigenvalue weighted by Crippen LogP contribution is 2.07. The Hall–Kier alpha value is -2.18. The molecule has 0 bridgehead atoms. The molecule has 0 unspecified atom stereocenters. The van der Waals surface area contributed by atoms with Crippen LogP contribution in [0, 0.1) is 0 Å². The van der Waals surface area contributed by atoms with Crippen LogP contribution < -0.4 is 5.32 Å². The molecule has 1 N–H and O–H groups in total. The number of morpholine rings is 1. The van der Waals surface area contributed by atoms with Crippen molar-refractivity contribution < 1.29 is 9.53 Å². The second-order valence-electron chi connectivity index (χ2n) is 5.21. The molecule has 2 aromatic rings. The highest BCUT2D eigenvalue weighted by atomic mass is 16.5. The van der Waals surface area contributed by atoms with Gasteiger partial charge in [-0.25, -0.2) is 4.98 Å². The summed E-state index contributed by atoms with van der Waals surface area (Å²) in [5.41, 5.74) is 1.42. The van der Waals surface area contributed by atoms with Crippen molar-refractivity contribution in [3.63, 3.8) is 0 Å². The minimum atomic E-state index is -0.136. The number of nitrogens with one attached hydrogen (secondary N) is 1. The van der Waals surface area contributed by atoms with E-state index in [4.69, 9.17) is 4.74 Å². The number of imidazole rings is 1. The molecule has 0 radical (unpaired) electrons. The van der Waals surface area contributed by atoms with Crippen molar-refractivity contribution in [2.45, 2.75) is 0 Å². The first-order chi connectivity index (χ1) is 10.8. The van der Waals surface area contributed by atoms with Gasteiger partial charge in [0.2, 0.25) is 0 Å².